The van der Waals surface area contributed by atoms with Crippen LogP contribution in [0.3, 0.4) is 0 Å². The van der Waals surface area contributed by atoms with Gasteiger partial charge in [0.2, 0.25) is 0 Å². The summed E-state index contributed by atoms with van der Waals surface area (Å²) in [5.41, 5.74) is 2.84. The van der Waals surface area contributed by atoms with Gasteiger partial charge in [0, 0.05) is 43.3 Å². The molecule has 1 aliphatic rings. The van der Waals surface area contributed by atoms with Crippen LogP contribution in [-0.4, -0.2) is 63.6 Å². The molecule has 1 amide bonds. The molecule has 0 spiro atoms. The van der Waals surface area contributed by atoms with Gasteiger partial charge in [-0.05, 0) is 31.0 Å². The number of carbonyl (C=O) groups is 1. The van der Waals surface area contributed by atoms with Crippen molar-refractivity contribution in [1.29, 1.82) is 0 Å². The Morgan fingerprint density at radius 2 is 2.29 bits per heavy atom. The molecule has 3 aromatic rings. The number of H-pyrrole nitrogens is 1. The average molecular weight is 382 g/mol. The Morgan fingerprint density at radius 3 is 3.18 bits per heavy atom. The Hall–Kier alpha value is -2.71. The molecule has 2 aromatic heterocycles. The highest BCUT2D eigenvalue weighted by Crippen LogP contribution is 2.25. The van der Waals surface area contributed by atoms with E-state index in [4.69, 9.17) is 4.74 Å². The number of benzene rings is 1. The summed E-state index contributed by atoms with van der Waals surface area (Å²) in [5.74, 6) is -0.217. The molecule has 8 heteroatoms. The van der Waals surface area contributed by atoms with Crippen molar-refractivity contribution in [2.24, 2.45) is 0 Å². The first-order valence-electron chi connectivity index (χ1n) is 9.71. The van der Waals surface area contributed by atoms with Crippen LogP contribution in [0, 0.1) is 0 Å². The fourth-order valence-corrected chi connectivity index (χ4v) is 3.86. The molecule has 1 aromatic carbocycles. The molecule has 1 fully saturated rings. The highest BCUT2D eigenvalue weighted by molar-refractivity contribution is 5.91. The molecule has 1 aliphatic heterocycles. The summed E-state index contributed by atoms with van der Waals surface area (Å²) < 4.78 is 6.72. The number of aromatic nitrogens is 4. The minimum Gasteiger partial charge on any atom is -0.383 e. The van der Waals surface area contributed by atoms with Gasteiger partial charge in [-0.2, -0.15) is 0 Å². The standard InChI is InChI=1S/C20H26N6O2/c1-28-10-8-21-20(27)19-14-26(24-23-19)13-16-5-4-9-25(16)12-15-11-22-18-7-3-2-6-17(15)18/h2-3,6-7,11,14,16,22H,4-5,8-10,12-13H2,1H3,(H,21,27)/t16-/m0/s1. The van der Waals surface area contributed by atoms with E-state index in [0.717, 1.165) is 26.1 Å². The SMILES string of the molecule is COCCNC(=O)c1cn(C[C@@H]2CCCN2Cc2c[nH]c3ccccc23)nn1. The number of rotatable bonds is 8. The number of methoxy groups -OCH3 is 1. The van der Waals surface area contributed by atoms with Crippen molar-refractivity contribution in [3.63, 3.8) is 0 Å². The van der Waals surface area contributed by atoms with Crippen LogP contribution in [0.4, 0.5) is 0 Å². The third kappa shape index (κ3) is 4.07. The molecule has 0 radical (unpaired) electrons. The van der Waals surface area contributed by atoms with Crippen molar-refractivity contribution in [1.82, 2.24) is 30.2 Å². The number of amides is 1. The van der Waals surface area contributed by atoms with Crippen LogP contribution < -0.4 is 5.32 Å². The maximum Gasteiger partial charge on any atom is 0.273 e. The van der Waals surface area contributed by atoms with Gasteiger partial charge < -0.3 is 15.0 Å². The first-order valence-corrected chi connectivity index (χ1v) is 9.71. The van der Waals surface area contributed by atoms with Crippen molar-refractivity contribution in [2.75, 3.05) is 26.8 Å². The Bertz CT molecular complexity index is 934. The van der Waals surface area contributed by atoms with E-state index >= 15 is 0 Å². The minimum absolute atomic E-state index is 0.217. The van der Waals surface area contributed by atoms with Crippen molar-refractivity contribution >= 4 is 16.8 Å². The van der Waals surface area contributed by atoms with Crippen LogP contribution in [0.15, 0.2) is 36.7 Å². The zero-order chi connectivity index (χ0) is 19.3. The second kappa shape index (κ2) is 8.53. The largest absolute Gasteiger partial charge is 0.383 e. The summed E-state index contributed by atoms with van der Waals surface area (Å²) in [7, 11) is 1.60. The Labute approximate surface area is 163 Å². The number of aromatic amines is 1. The molecule has 148 valence electrons. The first kappa shape index (κ1) is 18.6. The molecule has 1 saturated heterocycles. The van der Waals surface area contributed by atoms with Crippen LogP contribution in [0.1, 0.15) is 28.9 Å². The van der Waals surface area contributed by atoms with Crippen molar-refractivity contribution < 1.29 is 9.53 Å². The minimum atomic E-state index is -0.217. The Kier molecular flexibility index (Phi) is 5.68. The summed E-state index contributed by atoms with van der Waals surface area (Å²) in [6.07, 6.45) is 6.13. The van der Waals surface area contributed by atoms with E-state index in [9.17, 15) is 4.79 Å². The first-order chi connectivity index (χ1) is 13.7. The molecule has 0 saturated carbocycles. The highest BCUT2D eigenvalue weighted by Gasteiger charge is 2.26. The van der Waals surface area contributed by atoms with E-state index in [1.807, 2.05) is 0 Å². The maximum atomic E-state index is 12.1. The lowest BCUT2D eigenvalue weighted by Crippen LogP contribution is -2.32. The lowest BCUT2D eigenvalue weighted by molar-refractivity contribution is 0.0932. The number of hydrogen-bond donors (Lipinski definition) is 2. The number of likely N-dealkylation sites (tertiary alicyclic amines) is 1. The molecular formula is C20H26N6O2. The number of fused-ring (bicyclic) bond motifs is 1. The number of nitrogens with one attached hydrogen (secondary N) is 2. The second-order valence-corrected chi connectivity index (χ2v) is 7.20. The molecule has 1 atom stereocenters. The number of nitrogens with zero attached hydrogens (tertiary/aromatic N) is 4. The van der Waals surface area contributed by atoms with Crippen LogP contribution in [0.2, 0.25) is 0 Å². The number of ether oxygens (including phenoxy) is 1. The van der Waals surface area contributed by atoms with Gasteiger partial charge in [0.25, 0.3) is 5.91 Å². The van der Waals surface area contributed by atoms with Crippen LogP contribution in [0.5, 0.6) is 0 Å². The fourth-order valence-electron chi connectivity index (χ4n) is 3.86. The number of carbonyl (C=O) groups excluding carboxylic acids is 1. The van der Waals surface area contributed by atoms with Crippen molar-refractivity contribution in [3.05, 3.63) is 47.9 Å². The quantitative estimate of drug-likeness (QED) is 0.580. The van der Waals surface area contributed by atoms with Gasteiger partial charge in [0.15, 0.2) is 5.69 Å². The molecular weight excluding hydrogens is 356 g/mol. The van der Waals surface area contributed by atoms with E-state index in [1.165, 1.54) is 22.9 Å². The van der Waals surface area contributed by atoms with Gasteiger partial charge in [-0.1, -0.05) is 23.4 Å². The topological polar surface area (TPSA) is 88.1 Å². The summed E-state index contributed by atoms with van der Waals surface area (Å²) in [6, 6.07) is 8.79. The monoisotopic (exact) mass is 382 g/mol. The number of hydrogen-bond acceptors (Lipinski definition) is 5. The lowest BCUT2D eigenvalue weighted by atomic mass is 10.1. The van der Waals surface area contributed by atoms with Gasteiger partial charge in [0.05, 0.1) is 19.3 Å². The predicted molar refractivity (Wildman–Crippen MR) is 106 cm³/mol. The van der Waals surface area contributed by atoms with E-state index in [0.29, 0.717) is 24.9 Å². The van der Waals surface area contributed by atoms with E-state index in [-0.39, 0.29) is 5.91 Å². The third-order valence-electron chi connectivity index (χ3n) is 5.31. The predicted octanol–water partition coefficient (Wildman–Crippen LogP) is 1.80. The van der Waals surface area contributed by atoms with Gasteiger partial charge in [-0.3, -0.25) is 14.4 Å². The maximum absolute atomic E-state index is 12.1. The van der Waals surface area contributed by atoms with Crippen LogP contribution >= 0.6 is 0 Å². The number of para-hydroxylation sites is 1. The van der Waals surface area contributed by atoms with E-state index < -0.39 is 0 Å². The zero-order valence-electron chi connectivity index (χ0n) is 16.1. The molecule has 28 heavy (non-hydrogen) atoms. The van der Waals surface area contributed by atoms with Crippen LogP contribution in [-0.2, 0) is 17.8 Å². The molecule has 0 bridgehead atoms. The molecule has 3 heterocycles. The smallest absolute Gasteiger partial charge is 0.273 e. The fraction of sp³-hybridized carbons (Fsp3) is 0.450. The van der Waals surface area contributed by atoms with Crippen LogP contribution in [0.25, 0.3) is 10.9 Å². The van der Waals surface area contributed by atoms with Gasteiger partial charge >= 0.3 is 0 Å². The molecule has 2 N–H and O–H groups in total. The normalized spacial score (nSPS) is 17.4. The Balaban J connectivity index is 1.38. The van der Waals surface area contributed by atoms with Crippen molar-refractivity contribution in [3.8, 4) is 0 Å². The summed E-state index contributed by atoms with van der Waals surface area (Å²) in [4.78, 5) is 17.9. The van der Waals surface area contributed by atoms with Gasteiger partial charge in [0.1, 0.15) is 0 Å². The summed E-state index contributed by atoms with van der Waals surface area (Å²) >= 11 is 0. The van der Waals surface area contributed by atoms with E-state index in [1.54, 1.807) is 18.0 Å². The Morgan fingerprint density at radius 1 is 1.39 bits per heavy atom. The highest BCUT2D eigenvalue weighted by atomic mass is 16.5. The van der Waals surface area contributed by atoms with Gasteiger partial charge in [-0.25, -0.2) is 0 Å². The van der Waals surface area contributed by atoms with E-state index in [2.05, 4.69) is 56.0 Å². The molecule has 0 unspecified atom stereocenters. The lowest BCUT2D eigenvalue weighted by Gasteiger charge is -2.24. The molecule has 8 nitrogen and oxygen atoms in total. The summed E-state index contributed by atoms with van der Waals surface area (Å²) in [5, 5.41) is 12.2. The molecule has 0 aliphatic carbocycles. The van der Waals surface area contributed by atoms with Crippen molar-refractivity contribution in [2.45, 2.75) is 32.0 Å². The average Bonchev–Trinajstić information content (AvgIpc) is 3.44. The summed E-state index contributed by atoms with van der Waals surface area (Å²) in [6.45, 7) is 3.66. The second-order valence-electron chi connectivity index (χ2n) is 7.20. The van der Waals surface area contributed by atoms with Gasteiger partial charge in [-0.15, -0.1) is 5.10 Å². The third-order valence-corrected chi connectivity index (χ3v) is 5.31. The zero-order valence-corrected chi connectivity index (χ0v) is 16.1. The molecule has 4 rings (SSSR count).